The quantitative estimate of drug-likeness (QED) is 0.789. The Morgan fingerprint density at radius 1 is 1.33 bits per heavy atom. The summed E-state index contributed by atoms with van der Waals surface area (Å²) in [4.78, 5) is 14.9. The number of hydrogen-bond acceptors (Lipinski definition) is 3. The molecule has 2 aliphatic heterocycles. The van der Waals surface area contributed by atoms with Gasteiger partial charge in [-0.1, -0.05) is 13.3 Å². The summed E-state index contributed by atoms with van der Waals surface area (Å²) in [5.74, 6) is 0.941. The molecule has 4 nitrogen and oxygen atoms in total. The molecular formula is C17H33N3O. The van der Waals surface area contributed by atoms with E-state index in [2.05, 4.69) is 36.3 Å². The van der Waals surface area contributed by atoms with Crippen molar-refractivity contribution in [2.24, 2.45) is 5.92 Å². The van der Waals surface area contributed by atoms with Crippen molar-refractivity contribution >= 4 is 5.91 Å². The zero-order chi connectivity index (χ0) is 15.2. The first kappa shape index (κ1) is 16.8. The number of amides is 1. The topological polar surface area (TPSA) is 44.4 Å². The van der Waals surface area contributed by atoms with Gasteiger partial charge in [-0.2, -0.15) is 0 Å². The van der Waals surface area contributed by atoms with Crippen LogP contribution < -0.4 is 10.6 Å². The molecule has 21 heavy (non-hydrogen) atoms. The van der Waals surface area contributed by atoms with Crippen molar-refractivity contribution in [2.45, 2.75) is 77.4 Å². The smallest absolute Gasteiger partial charge is 0.237 e. The molecule has 0 radical (unpaired) electrons. The van der Waals surface area contributed by atoms with E-state index >= 15 is 0 Å². The number of nitrogens with one attached hydrogen (secondary N) is 2. The van der Waals surface area contributed by atoms with Crippen LogP contribution in [-0.2, 0) is 4.79 Å². The highest BCUT2D eigenvalue weighted by Crippen LogP contribution is 2.29. The van der Waals surface area contributed by atoms with E-state index in [1.54, 1.807) is 0 Å². The van der Waals surface area contributed by atoms with Crippen molar-refractivity contribution in [3.63, 3.8) is 0 Å². The molecule has 2 saturated heterocycles. The lowest BCUT2D eigenvalue weighted by Crippen LogP contribution is -2.52. The molecule has 0 aliphatic carbocycles. The number of nitrogens with zero attached hydrogens (tertiary/aromatic N) is 1. The van der Waals surface area contributed by atoms with Crippen LogP contribution in [0.15, 0.2) is 0 Å². The summed E-state index contributed by atoms with van der Waals surface area (Å²) < 4.78 is 0. The van der Waals surface area contributed by atoms with E-state index in [0.29, 0.717) is 12.1 Å². The first-order valence-corrected chi connectivity index (χ1v) is 8.90. The fourth-order valence-corrected chi connectivity index (χ4v) is 4.03. The SMILES string of the molecule is CCCC(C)NC(=O)C(C)N1CCCC1C1CCCNC1. The zero-order valence-electron chi connectivity index (χ0n) is 14.0. The van der Waals surface area contributed by atoms with Crippen molar-refractivity contribution in [1.29, 1.82) is 0 Å². The van der Waals surface area contributed by atoms with Crippen LogP contribution >= 0.6 is 0 Å². The molecule has 0 spiro atoms. The minimum Gasteiger partial charge on any atom is -0.352 e. The van der Waals surface area contributed by atoms with Crippen LogP contribution in [0.2, 0.25) is 0 Å². The van der Waals surface area contributed by atoms with Gasteiger partial charge in [0.2, 0.25) is 5.91 Å². The fourth-order valence-electron chi connectivity index (χ4n) is 4.03. The van der Waals surface area contributed by atoms with Gasteiger partial charge in [-0.05, 0) is 71.5 Å². The maximum Gasteiger partial charge on any atom is 0.237 e. The Kier molecular flexibility index (Phi) is 6.49. The second-order valence-corrected chi connectivity index (χ2v) is 6.93. The summed E-state index contributed by atoms with van der Waals surface area (Å²) in [6, 6.07) is 0.904. The molecule has 4 atom stereocenters. The number of hydrogen-bond donors (Lipinski definition) is 2. The van der Waals surface area contributed by atoms with Gasteiger partial charge in [0.25, 0.3) is 0 Å². The van der Waals surface area contributed by atoms with Gasteiger partial charge in [0.15, 0.2) is 0 Å². The van der Waals surface area contributed by atoms with Gasteiger partial charge < -0.3 is 10.6 Å². The van der Waals surface area contributed by atoms with Crippen LogP contribution in [0.25, 0.3) is 0 Å². The van der Waals surface area contributed by atoms with Crippen LogP contribution in [0.3, 0.4) is 0 Å². The molecular weight excluding hydrogens is 262 g/mol. The second kappa shape index (κ2) is 8.14. The minimum atomic E-state index is 0.0127. The van der Waals surface area contributed by atoms with E-state index < -0.39 is 0 Å². The van der Waals surface area contributed by atoms with Gasteiger partial charge in [-0.3, -0.25) is 9.69 Å². The molecule has 0 aromatic heterocycles. The molecule has 2 fully saturated rings. The van der Waals surface area contributed by atoms with Crippen molar-refractivity contribution in [2.75, 3.05) is 19.6 Å². The highest BCUT2D eigenvalue weighted by molar-refractivity contribution is 5.81. The largest absolute Gasteiger partial charge is 0.352 e. The molecule has 2 aliphatic rings. The lowest BCUT2D eigenvalue weighted by Gasteiger charge is -2.37. The van der Waals surface area contributed by atoms with Crippen molar-refractivity contribution in [1.82, 2.24) is 15.5 Å². The molecule has 0 aromatic rings. The third-order valence-electron chi connectivity index (χ3n) is 5.21. The van der Waals surface area contributed by atoms with Gasteiger partial charge in [-0.25, -0.2) is 0 Å². The summed E-state index contributed by atoms with van der Waals surface area (Å²) in [5, 5.41) is 6.71. The van der Waals surface area contributed by atoms with Crippen molar-refractivity contribution < 1.29 is 4.79 Å². The van der Waals surface area contributed by atoms with E-state index in [1.165, 1.54) is 25.7 Å². The molecule has 2 rings (SSSR count). The van der Waals surface area contributed by atoms with Crippen LogP contribution in [0.5, 0.6) is 0 Å². The van der Waals surface area contributed by atoms with Gasteiger partial charge in [0, 0.05) is 12.1 Å². The normalized spacial score (nSPS) is 30.0. The van der Waals surface area contributed by atoms with Gasteiger partial charge in [-0.15, -0.1) is 0 Å². The Morgan fingerprint density at radius 2 is 2.14 bits per heavy atom. The fraction of sp³-hybridized carbons (Fsp3) is 0.941. The Bertz CT molecular complexity index is 328. The number of carbonyl (C=O) groups excluding carboxylic acids is 1. The Labute approximate surface area is 130 Å². The van der Waals surface area contributed by atoms with E-state index in [4.69, 9.17) is 0 Å². The minimum absolute atomic E-state index is 0.0127. The van der Waals surface area contributed by atoms with Crippen LogP contribution in [0.4, 0.5) is 0 Å². The maximum absolute atomic E-state index is 12.5. The predicted octanol–water partition coefficient (Wildman–Crippen LogP) is 2.14. The molecule has 0 aromatic carbocycles. The molecule has 4 unspecified atom stereocenters. The Hall–Kier alpha value is -0.610. The highest BCUT2D eigenvalue weighted by Gasteiger charge is 2.37. The number of piperidine rings is 1. The summed E-state index contributed by atoms with van der Waals surface area (Å²) in [6.07, 6.45) is 7.28. The highest BCUT2D eigenvalue weighted by atomic mass is 16.2. The van der Waals surface area contributed by atoms with Gasteiger partial charge in [0.1, 0.15) is 0 Å². The third-order valence-corrected chi connectivity index (χ3v) is 5.21. The summed E-state index contributed by atoms with van der Waals surface area (Å²) >= 11 is 0. The molecule has 0 bridgehead atoms. The molecule has 0 saturated carbocycles. The number of rotatable bonds is 6. The lowest BCUT2D eigenvalue weighted by atomic mass is 9.89. The van der Waals surface area contributed by atoms with E-state index in [0.717, 1.165) is 38.4 Å². The molecule has 2 heterocycles. The van der Waals surface area contributed by atoms with E-state index in [9.17, 15) is 4.79 Å². The van der Waals surface area contributed by atoms with Gasteiger partial charge >= 0.3 is 0 Å². The van der Waals surface area contributed by atoms with Crippen LogP contribution in [-0.4, -0.2) is 48.6 Å². The maximum atomic E-state index is 12.5. The first-order valence-electron chi connectivity index (χ1n) is 8.90. The average Bonchev–Trinajstić information content (AvgIpc) is 2.96. The number of carbonyl (C=O) groups is 1. The van der Waals surface area contributed by atoms with E-state index in [1.807, 2.05) is 0 Å². The zero-order valence-corrected chi connectivity index (χ0v) is 14.0. The average molecular weight is 295 g/mol. The Balaban J connectivity index is 1.90. The van der Waals surface area contributed by atoms with Gasteiger partial charge in [0.05, 0.1) is 6.04 Å². The molecule has 122 valence electrons. The van der Waals surface area contributed by atoms with Crippen LogP contribution in [0, 0.1) is 5.92 Å². The molecule has 1 amide bonds. The van der Waals surface area contributed by atoms with Crippen LogP contribution in [0.1, 0.15) is 59.3 Å². The summed E-state index contributed by atoms with van der Waals surface area (Å²) in [5.41, 5.74) is 0. The van der Waals surface area contributed by atoms with E-state index in [-0.39, 0.29) is 11.9 Å². The first-order chi connectivity index (χ1) is 10.1. The lowest BCUT2D eigenvalue weighted by molar-refractivity contribution is -0.127. The predicted molar refractivity (Wildman–Crippen MR) is 87.3 cm³/mol. The standard InChI is InChI=1S/C17H33N3O/c1-4-7-13(2)19-17(21)14(3)20-11-6-9-16(20)15-8-5-10-18-12-15/h13-16,18H,4-12H2,1-3H3,(H,19,21). The third kappa shape index (κ3) is 4.43. The summed E-state index contributed by atoms with van der Waals surface area (Å²) in [7, 11) is 0. The van der Waals surface area contributed by atoms with Crippen molar-refractivity contribution in [3.05, 3.63) is 0 Å². The summed E-state index contributed by atoms with van der Waals surface area (Å²) in [6.45, 7) is 9.73. The molecule has 2 N–H and O–H groups in total. The second-order valence-electron chi connectivity index (χ2n) is 6.93. The Morgan fingerprint density at radius 3 is 2.81 bits per heavy atom. The number of likely N-dealkylation sites (tertiary alicyclic amines) is 1. The molecule has 4 heteroatoms. The monoisotopic (exact) mass is 295 g/mol. The van der Waals surface area contributed by atoms with Crippen molar-refractivity contribution in [3.8, 4) is 0 Å².